The van der Waals surface area contributed by atoms with Crippen LogP contribution >= 0.6 is 0 Å². The SMILES string of the molecule is Cc1c(C)n(CC(C)(C)C(C)C)c2ncnc(N)c12. The van der Waals surface area contributed by atoms with Gasteiger partial charge in [0, 0.05) is 12.2 Å². The number of hydrogen-bond donors (Lipinski definition) is 1. The van der Waals surface area contributed by atoms with E-state index in [1.807, 2.05) is 0 Å². The van der Waals surface area contributed by atoms with Gasteiger partial charge in [0.15, 0.2) is 0 Å². The van der Waals surface area contributed by atoms with Crippen LogP contribution in [-0.4, -0.2) is 14.5 Å². The largest absolute Gasteiger partial charge is 0.383 e. The zero-order valence-electron chi connectivity index (χ0n) is 12.8. The summed E-state index contributed by atoms with van der Waals surface area (Å²) in [4.78, 5) is 8.55. The molecule has 0 fully saturated rings. The van der Waals surface area contributed by atoms with Gasteiger partial charge in [-0.05, 0) is 30.7 Å². The Kier molecular flexibility index (Phi) is 3.29. The molecule has 104 valence electrons. The maximum Gasteiger partial charge on any atom is 0.145 e. The van der Waals surface area contributed by atoms with Crippen molar-refractivity contribution in [1.82, 2.24) is 14.5 Å². The van der Waals surface area contributed by atoms with Gasteiger partial charge in [0.1, 0.15) is 17.8 Å². The maximum absolute atomic E-state index is 6.00. The van der Waals surface area contributed by atoms with Crippen LogP contribution in [-0.2, 0) is 6.54 Å². The summed E-state index contributed by atoms with van der Waals surface area (Å²) in [6.07, 6.45) is 1.55. The molecule has 0 unspecified atom stereocenters. The average molecular weight is 260 g/mol. The third-order valence-corrected chi connectivity index (χ3v) is 4.56. The van der Waals surface area contributed by atoms with E-state index in [1.165, 1.54) is 11.3 Å². The van der Waals surface area contributed by atoms with E-state index in [4.69, 9.17) is 5.73 Å². The minimum Gasteiger partial charge on any atom is -0.383 e. The third kappa shape index (κ3) is 2.20. The number of anilines is 1. The van der Waals surface area contributed by atoms with Gasteiger partial charge in [-0.1, -0.05) is 27.7 Å². The first-order valence-electron chi connectivity index (χ1n) is 6.81. The smallest absolute Gasteiger partial charge is 0.145 e. The molecule has 0 saturated heterocycles. The van der Waals surface area contributed by atoms with Gasteiger partial charge in [-0.3, -0.25) is 0 Å². The van der Waals surface area contributed by atoms with E-state index >= 15 is 0 Å². The summed E-state index contributed by atoms with van der Waals surface area (Å²) in [6, 6.07) is 0. The Labute approximate surface area is 115 Å². The van der Waals surface area contributed by atoms with Gasteiger partial charge in [-0.15, -0.1) is 0 Å². The number of aryl methyl sites for hydroxylation is 1. The summed E-state index contributed by atoms with van der Waals surface area (Å²) >= 11 is 0. The summed E-state index contributed by atoms with van der Waals surface area (Å²) in [7, 11) is 0. The number of rotatable bonds is 3. The molecule has 0 atom stereocenters. The fourth-order valence-corrected chi connectivity index (χ4v) is 2.28. The van der Waals surface area contributed by atoms with E-state index in [1.54, 1.807) is 6.33 Å². The second-order valence-electron chi connectivity index (χ2n) is 6.40. The topological polar surface area (TPSA) is 56.7 Å². The van der Waals surface area contributed by atoms with Crippen molar-refractivity contribution >= 4 is 16.9 Å². The molecule has 0 bridgehead atoms. The lowest BCUT2D eigenvalue weighted by molar-refractivity contribution is 0.211. The van der Waals surface area contributed by atoms with Gasteiger partial charge < -0.3 is 10.3 Å². The van der Waals surface area contributed by atoms with E-state index in [-0.39, 0.29) is 5.41 Å². The predicted molar refractivity (Wildman–Crippen MR) is 80.0 cm³/mol. The van der Waals surface area contributed by atoms with Crippen molar-refractivity contribution in [3.63, 3.8) is 0 Å². The number of fused-ring (bicyclic) bond motifs is 1. The molecule has 0 spiro atoms. The summed E-state index contributed by atoms with van der Waals surface area (Å²) in [5, 5.41) is 1.000. The zero-order valence-corrected chi connectivity index (χ0v) is 12.8. The van der Waals surface area contributed by atoms with Crippen LogP contribution in [0.5, 0.6) is 0 Å². The molecule has 2 N–H and O–H groups in total. The van der Waals surface area contributed by atoms with Crippen molar-refractivity contribution < 1.29 is 0 Å². The Morgan fingerprint density at radius 3 is 2.47 bits per heavy atom. The molecule has 4 heteroatoms. The highest BCUT2D eigenvalue weighted by Crippen LogP contribution is 2.33. The number of nitrogen functional groups attached to an aromatic ring is 1. The van der Waals surface area contributed by atoms with Crippen LogP contribution in [0.3, 0.4) is 0 Å². The normalized spacial score (nSPS) is 12.6. The number of nitrogens with two attached hydrogens (primary N) is 1. The van der Waals surface area contributed by atoms with E-state index in [9.17, 15) is 0 Å². The van der Waals surface area contributed by atoms with Gasteiger partial charge in [0.25, 0.3) is 0 Å². The lowest BCUT2D eigenvalue weighted by Gasteiger charge is -2.30. The fraction of sp³-hybridized carbons (Fsp3) is 0.600. The van der Waals surface area contributed by atoms with Crippen LogP contribution < -0.4 is 5.73 Å². The Balaban J connectivity index is 2.62. The molecule has 0 aromatic carbocycles. The molecule has 0 aliphatic carbocycles. The highest BCUT2D eigenvalue weighted by molar-refractivity contribution is 5.90. The molecule has 4 nitrogen and oxygen atoms in total. The molecule has 19 heavy (non-hydrogen) atoms. The number of nitrogens with zero attached hydrogens (tertiary/aromatic N) is 3. The Hall–Kier alpha value is -1.58. The predicted octanol–water partition coefficient (Wildman–Crippen LogP) is 3.31. The molecule has 2 rings (SSSR count). The summed E-state index contributed by atoms with van der Waals surface area (Å²) in [5.41, 5.74) is 9.58. The zero-order chi connectivity index (χ0) is 14.4. The molecule has 2 heterocycles. The summed E-state index contributed by atoms with van der Waals surface area (Å²) < 4.78 is 2.28. The molecule has 0 radical (unpaired) electrons. The molecular formula is C15H24N4. The molecular weight excluding hydrogens is 236 g/mol. The van der Waals surface area contributed by atoms with Crippen molar-refractivity contribution in [2.75, 3.05) is 5.73 Å². The summed E-state index contributed by atoms with van der Waals surface area (Å²) in [6.45, 7) is 14.3. The van der Waals surface area contributed by atoms with Crippen LogP contribution in [0.2, 0.25) is 0 Å². The lowest BCUT2D eigenvalue weighted by atomic mass is 9.81. The van der Waals surface area contributed by atoms with Gasteiger partial charge in [-0.2, -0.15) is 0 Å². The van der Waals surface area contributed by atoms with Gasteiger partial charge in [0.05, 0.1) is 5.39 Å². The van der Waals surface area contributed by atoms with Gasteiger partial charge in [-0.25, -0.2) is 9.97 Å². The standard InChI is InChI=1S/C15H24N4/c1-9(2)15(5,6)7-19-11(4)10(3)12-13(16)17-8-18-14(12)19/h8-9H,7H2,1-6H3,(H2,16,17,18). The first-order chi connectivity index (χ1) is 8.75. The minimum absolute atomic E-state index is 0.211. The molecule has 0 aliphatic heterocycles. The van der Waals surface area contributed by atoms with E-state index in [0.717, 1.165) is 17.6 Å². The quantitative estimate of drug-likeness (QED) is 0.921. The highest BCUT2D eigenvalue weighted by atomic mass is 15.1. The third-order valence-electron chi connectivity index (χ3n) is 4.56. The van der Waals surface area contributed by atoms with Crippen LogP contribution in [0.1, 0.15) is 39.0 Å². The molecule has 0 saturated carbocycles. The minimum atomic E-state index is 0.211. The van der Waals surface area contributed by atoms with Crippen molar-refractivity contribution in [2.45, 2.75) is 48.1 Å². The van der Waals surface area contributed by atoms with E-state index < -0.39 is 0 Å². The Morgan fingerprint density at radius 1 is 1.26 bits per heavy atom. The van der Waals surface area contributed by atoms with E-state index in [0.29, 0.717) is 11.7 Å². The molecule has 2 aromatic rings. The van der Waals surface area contributed by atoms with Crippen molar-refractivity contribution in [3.05, 3.63) is 17.6 Å². The highest BCUT2D eigenvalue weighted by Gasteiger charge is 2.26. The molecule has 0 aliphatic rings. The van der Waals surface area contributed by atoms with Crippen LogP contribution in [0.25, 0.3) is 11.0 Å². The summed E-state index contributed by atoms with van der Waals surface area (Å²) in [5.74, 6) is 1.18. The molecule has 2 aromatic heterocycles. The van der Waals surface area contributed by atoms with E-state index in [2.05, 4.69) is 56.1 Å². The second-order valence-corrected chi connectivity index (χ2v) is 6.40. The Bertz CT molecular complexity index is 608. The number of aromatic nitrogens is 3. The van der Waals surface area contributed by atoms with Crippen molar-refractivity contribution in [3.8, 4) is 0 Å². The monoisotopic (exact) mass is 260 g/mol. The first-order valence-corrected chi connectivity index (χ1v) is 6.81. The van der Waals surface area contributed by atoms with Crippen LogP contribution in [0, 0.1) is 25.2 Å². The lowest BCUT2D eigenvalue weighted by Crippen LogP contribution is -2.26. The van der Waals surface area contributed by atoms with Crippen LogP contribution in [0.4, 0.5) is 5.82 Å². The average Bonchev–Trinajstić information content (AvgIpc) is 2.55. The fourth-order valence-electron chi connectivity index (χ4n) is 2.28. The van der Waals surface area contributed by atoms with Gasteiger partial charge >= 0.3 is 0 Å². The molecule has 0 amide bonds. The van der Waals surface area contributed by atoms with Crippen molar-refractivity contribution in [1.29, 1.82) is 0 Å². The Morgan fingerprint density at radius 2 is 1.89 bits per heavy atom. The maximum atomic E-state index is 6.00. The van der Waals surface area contributed by atoms with Crippen LogP contribution in [0.15, 0.2) is 6.33 Å². The second kappa shape index (κ2) is 4.51. The first kappa shape index (κ1) is 13.8. The van der Waals surface area contributed by atoms with Gasteiger partial charge in [0.2, 0.25) is 0 Å². The number of hydrogen-bond acceptors (Lipinski definition) is 3. The van der Waals surface area contributed by atoms with Crippen molar-refractivity contribution in [2.24, 2.45) is 11.3 Å².